The highest BCUT2D eigenvalue weighted by atomic mass is 35.5. The molecule has 1 atom stereocenters. The zero-order chi connectivity index (χ0) is 18.2. The largest absolute Gasteiger partial charge is 0.469 e. The van der Waals surface area contributed by atoms with Crippen LogP contribution >= 0.6 is 11.6 Å². The maximum absolute atomic E-state index is 12.2. The lowest BCUT2D eigenvalue weighted by Crippen LogP contribution is -2.32. The number of esters is 1. The summed E-state index contributed by atoms with van der Waals surface area (Å²) in [6.45, 7) is 0.469. The molecule has 7 heteroatoms. The number of benzene rings is 1. The minimum Gasteiger partial charge on any atom is -0.469 e. The van der Waals surface area contributed by atoms with Crippen LogP contribution in [-0.2, 0) is 19.1 Å². The number of ether oxygens (including phenoxy) is 1. The van der Waals surface area contributed by atoms with Gasteiger partial charge in [-0.25, -0.2) is 0 Å². The van der Waals surface area contributed by atoms with Gasteiger partial charge in [0.25, 0.3) is 0 Å². The molecule has 1 unspecified atom stereocenters. The van der Waals surface area contributed by atoms with E-state index in [4.69, 9.17) is 16.3 Å². The minimum absolute atomic E-state index is 0.00435. The van der Waals surface area contributed by atoms with Crippen molar-refractivity contribution in [2.75, 3.05) is 13.7 Å². The average molecular weight is 367 g/mol. The normalized spacial score (nSPS) is 14.5. The van der Waals surface area contributed by atoms with Crippen molar-refractivity contribution in [1.29, 1.82) is 0 Å². The van der Waals surface area contributed by atoms with E-state index in [1.807, 2.05) is 0 Å². The standard InChI is InChI=1S/C18H23ClN2O4/c1-25-17(23)11-15(13-5-2-3-6-14(13)19)21-16(22)7-4-10-20-18(24)12-8-9-12/h2-3,5-6,12,15H,4,7-11H2,1H3,(H,20,24)(H,21,22). The van der Waals surface area contributed by atoms with E-state index in [-0.39, 0.29) is 30.6 Å². The van der Waals surface area contributed by atoms with Crippen LogP contribution in [0, 0.1) is 5.92 Å². The van der Waals surface area contributed by atoms with Gasteiger partial charge >= 0.3 is 5.97 Å². The second kappa shape index (κ2) is 9.42. The maximum Gasteiger partial charge on any atom is 0.307 e. The van der Waals surface area contributed by atoms with Crippen molar-refractivity contribution >= 4 is 29.4 Å². The highest BCUT2D eigenvalue weighted by molar-refractivity contribution is 6.31. The Morgan fingerprint density at radius 3 is 2.64 bits per heavy atom. The quantitative estimate of drug-likeness (QED) is 0.519. The molecule has 2 amide bonds. The van der Waals surface area contributed by atoms with Crippen LogP contribution in [0.5, 0.6) is 0 Å². The van der Waals surface area contributed by atoms with Gasteiger partial charge in [0.05, 0.1) is 19.6 Å². The van der Waals surface area contributed by atoms with Gasteiger partial charge in [-0.3, -0.25) is 14.4 Å². The van der Waals surface area contributed by atoms with Crippen LogP contribution in [0.4, 0.5) is 0 Å². The summed E-state index contributed by atoms with van der Waals surface area (Å²) in [5, 5.41) is 6.13. The molecule has 2 rings (SSSR count). The second-order valence-electron chi connectivity index (χ2n) is 6.09. The Hall–Kier alpha value is -2.08. The molecule has 25 heavy (non-hydrogen) atoms. The Balaban J connectivity index is 1.84. The minimum atomic E-state index is -0.547. The lowest BCUT2D eigenvalue weighted by molar-refractivity contribution is -0.141. The van der Waals surface area contributed by atoms with Gasteiger partial charge in [-0.15, -0.1) is 0 Å². The molecular formula is C18H23ClN2O4. The van der Waals surface area contributed by atoms with Crippen LogP contribution in [0.2, 0.25) is 5.02 Å². The van der Waals surface area contributed by atoms with Crippen LogP contribution in [0.15, 0.2) is 24.3 Å². The molecule has 6 nitrogen and oxygen atoms in total. The number of hydrogen-bond donors (Lipinski definition) is 2. The van der Waals surface area contributed by atoms with Crippen LogP contribution in [0.3, 0.4) is 0 Å². The molecule has 2 N–H and O–H groups in total. The van der Waals surface area contributed by atoms with E-state index in [0.717, 1.165) is 12.8 Å². The van der Waals surface area contributed by atoms with Crippen molar-refractivity contribution in [3.05, 3.63) is 34.9 Å². The molecule has 0 aliphatic heterocycles. The van der Waals surface area contributed by atoms with Gasteiger partial charge in [0.15, 0.2) is 0 Å². The van der Waals surface area contributed by atoms with Crippen LogP contribution in [-0.4, -0.2) is 31.4 Å². The molecule has 1 fully saturated rings. The summed E-state index contributed by atoms with van der Waals surface area (Å²) in [5.74, 6) is -0.394. The van der Waals surface area contributed by atoms with E-state index in [2.05, 4.69) is 10.6 Å². The lowest BCUT2D eigenvalue weighted by Gasteiger charge is -2.19. The Kier molecular flexibility index (Phi) is 7.25. The number of methoxy groups -OCH3 is 1. The number of carbonyl (C=O) groups excluding carboxylic acids is 3. The average Bonchev–Trinajstić information content (AvgIpc) is 3.43. The predicted molar refractivity (Wildman–Crippen MR) is 93.9 cm³/mol. The molecule has 0 saturated heterocycles. The predicted octanol–water partition coefficient (Wildman–Crippen LogP) is 2.37. The zero-order valence-electron chi connectivity index (χ0n) is 14.2. The van der Waals surface area contributed by atoms with E-state index in [0.29, 0.717) is 23.6 Å². The number of amides is 2. The number of hydrogen-bond acceptors (Lipinski definition) is 4. The molecule has 0 spiro atoms. The molecular weight excluding hydrogens is 344 g/mol. The van der Waals surface area contributed by atoms with Crippen LogP contribution < -0.4 is 10.6 Å². The Labute approximate surface area is 152 Å². The molecule has 1 aliphatic rings. The summed E-state index contributed by atoms with van der Waals surface area (Å²) >= 11 is 6.18. The summed E-state index contributed by atoms with van der Waals surface area (Å²) in [4.78, 5) is 35.3. The molecule has 0 aromatic heterocycles. The number of rotatable bonds is 9. The smallest absolute Gasteiger partial charge is 0.307 e. The number of halogens is 1. The molecule has 136 valence electrons. The van der Waals surface area contributed by atoms with Gasteiger partial charge in [0.2, 0.25) is 11.8 Å². The Bertz CT molecular complexity index is 631. The highest BCUT2D eigenvalue weighted by Crippen LogP contribution is 2.28. The molecule has 0 heterocycles. The number of carbonyl (C=O) groups is 3. The first-order valence-electron chi connectivity index (χ1n) is 8.39. The molecule has 1 aromatic rings. The maximum atomic E-state index is 12.2. The lowest BCUT2D eigenvalue weighted by atomic mass is 10.0. The Morgan fingerprint density at radius 1 is 1.28 bits per heavy atom. The molecule has 1 aliphatic carbocycles. The fourth-order valence-electron chi connectivity index (χ4n) is 2.46. The molecule has 0 radical (unpaired) electrons. The van der Waals surface area contributed by atoms with Gasteiger partial charge in [0, 0.05) is 23.9 Å². The monoisotopic (exact) mass is 366 g/mol. The fourth-order valence-corrected chi connectivity index (χ4v) is 2.73. The van der Waals surface area contributed by atoms with Gasteiger partial charge in [0.1, 0.15) is 0 Å². The molecule has 0 bridgehead atoms. The second-order valence-corrected chi connectivity index (χ2v) is 6.50. The fraction of sp³-hybridized carbons (Fsp3) is 0.500. The summed E-state index contributed by atoms with van der Waals surface area (Å²) in [7, 11) is 1.30. The Morgan fingerprint density at radius 2 is 2.00 bits per heavy atom. The van der Waals surface area contributed by atoms with Crippen molar-refractivity contribution in [1.82, 2.24) is 10.6 Å². The van der Waals surface area contributed by atoms with E-state index >= 15 is 0 Å². The number of nitrogens with one attached hydrogen (secondary N) is 2. The van der Waals surface area contributed by atoms with Crippen LogP contribution in [0.25, 0.3) is 0 Å². The van der Waals surface area contributed by atoms with Gasteiger partial charge in [-0.2, -0.15) is 0 Å². The summed E-state index contributed by atoms with van der Waals surface area (Å²) in [5.41, 5.74) is 0.671. The van der Waals surface area contributed by atoms with E-state index in [1.165, 1.54) is 7.11 Å². The molecule has 1 saturated carbocycles. The first-order valence-corrected chi connectivity index (χ1v) is 8.77. The van der Waals surface area contributed by atoms with Crippen molar-refractivity contribution in [3.8, 4) is 0 Å². The van der Waals surface area contributed by atoms with E-state index in [1.54, 1.807) is 24.3 Å². The SMILES string of the molecule is COC(=O)CC(NC(=O)CCCNC(=O)C1CC1)c1ccccc1Cl. The first kappa shape index (κ1) is 19.2. The van der Waals surface area contributed by atoms with E-state index in [9.17, 15) is 14.4 Å². The third-order valence-corrected chi connectivity index (χ3v) is 4.39. The zero-order valence-corrected chi connectivity index (χ0v) is 15.0. The van der Waals surface area contributed by atoms with Crippen LogP contribution in [0.1, 0.15) is 43.7 Å². The van der Waals surface area contributed by atoms with Gasteiger partial charge in [-0.05, 0) is 30.9 Å². The van der Waals surface area contributed by atoms with Crippen molar-refractivity contribution in [3.63, 3.8) is 0 Å². The van der Waals surface area contributed by atoms with Crippen molar-refractivity contribution < 1.29 is 19.1 Å². The third-order valence-electron chi connectivity index (χ3n) is 4.04. The topological polar surface area (TPSA) is 84.5 Å². The molecule has 1 aromatic carbocycles. The van der Waals surface area contributed by atoms with Crippen molar-refractivity contribution in [2.45, 2.75) is 38.1 Å². The van der Waals surface area contributed by atoms with Crippen molar-refractivity contribution in [2.24, 2.45) is 5.92 Å². The van der Waals surface area contributed by atoms with E-state index < -0.39 is 12.0 Å². The van der Waals surface area contributed by atoms with Gasteiger partial charge < -0.3 is 15.4 Å². The first-order chi connectivity index (χ1) is 12.0. The van der Waals surface area contributed by atoms with Gasteiger partial charge in [-0.1, -0.05) is 29.8 Å². The summed E-state index contributed by atoms with van der Waals surface area (Å²) in [6, 6.07) is 6.51. The summed E-state index contributed by atoms with van der Waals surface area (Å²) in [6.07, 6.45) is 2.72. The third kappa shape index (κ3) is 6.38. The highest BCUT2D eigenvalue weighted by Gasteiger charge is 2.29. The summed E-state index contributed by atoms with van der Waals surface area (Å²) < 4.78 is 4.70.